The lowest BCUT2D eigenvalue weighted by atomic mass is 10.1. The number of benzene rings is 2. The molecule has 1 atom stereocenters. The van der Waals surface area contributed by atoms with Gasteiger partial charge in [0.05, 0.1) is 5.92 Å². The van der Waals surface area contributed by atoms with Crippen LogP contribution in [0, 0.1) is 18.7 Å². The number of hydrogen-bond acceptors (Lipinski definition) is 3. The van der Waals surface area contributed by atoms with E-state index in [1.165, 1.54) is 13.0 Å². The number of amides is 3. The van der Waals surface area contributed by atoms with Crippen molar-refractivity contribution in [1.29, 1.82) is 0 Å². The van der Waals surface area contributed by atoms with Crippen molar-refractivity contribution in [2.24, 2.45) is 5.92 Å². The zero-order valence-electron chi connectivity index (χ0n) is 16.4. The van der Waals surface area contributed by atoms with Crippen molar-refractivity contribution in [1.82, 2.24) is 0 Å². The van der Waals surface area contributed by atoms with Crippen molar-refractivity contribution in [2.75, 3.05) is 28.2 Å². The molecule has 7 heteroatoms. The van der Waals surface area contributed by atoms with Gasteiger partial charge in [-0.2, -0.15) is 0 Å². The Morgan fingerprint density at radius 3 is 2.69 bits per heavy atom. The van der Waals surface area contributed by atoms with E-state index >= 15 is 0 Å². The second kappa shape index (κ2) is 7.31. The van der Waals surface area contributed by atoms with Gasteiger partial charge in [0.15, 0.2) is 0 Å². The first-order valence-corrected chi connectivity index (χ1v) is 9.62. The normalized spacial score (nSPS) is 18.2. The smallest absolute Gasteiger partial charge is 0.229 e. The molecule has 2 aromatic rings. The molecule has 4 rings (SSSR count). The summed E-state index contributed by atoms with van der Waals surface area (Å²) < 4.78 is 13.7. The van der Waals surface area contributed by atoms with Crippen LogP contribution in [-0.2, 0) is 20.8 Å². The highest BCUT2D eigenvalue weighted by atomic mass is 19.1. The van der Waals surface area contributed by atoms with Crippen LogP contribution in [0.1, 0.15) is 24.5 Å². The maximum atomic E-state index is 13.7. The van der Waals surface area contributed by atoms with Crippen LogP contribution in [0.4, 0.5) is 21.5 Å². The maximum Gasteiger partial charge on any atom is 0.229 e. The van der Waals surface area contributed by atoms with Crippen LogP contribution in [0.25, 0.3) is 0 Å². The highest BCUT2D eigenvalue weighted by Gasteiger charge is 2.36. The van der Waals surface area contributed by atoms with Crippen molar-refractivity contribution in [2.45, 2.75) is 26.7 Å². The summed E-state index contributed by atoms with van der Waals surface area (Å²) in [6, 6.07) is 10.1. The summed E-state index contributed by atoms with van der Waals surface area (Å²) in [5, 5.41) is 2.70. The quantitative estimate of drug-likeness (QED) is 0.869. The average Bonchev–Trinajstić information content (AvgIpc) is 3.27. The molecule has 150 valence electrons. The zero-order chi connectivity index (χ0) is 20.7. The van der Waals surface area contributed by atoms with Crippen LogP contribution < -0.4 is 15.1 Å². The Morgan fingerprint density at radius 2 is 1.97 bits per heavy atom. The van der Waals surface area contributed by atoms with Gasteiger partial charge >= 0.3 is 0 Å². The van der Waals surface area contributed by atoms with Crippen molar-refractivity contribution in [3.63, 3.8) is 0 Å². The fourth-order valence-electron chi connectivity index (χ4n) is 3.93. The standard InChI is InChI=1S/C22H22FN3O3/c1-13-3-4-17(11-19(13)23)24-22(29)16-10-21(28)26(12-16)18-5-6-20-15(9-18)7-8-25(20)14(2)27/h3-6,9,11,16H,7-8,10,12H2,1-2H3,(H,24,29)/t16-/m0/s1. The predicted molar refractivity (Wildman–Crippen MR) is 108 cm³/mol. The number of aryl methyl sites for hydroxylation is 1. The van der Waals surface area contributed by atoms with Gasteiger partial charge in [-0.05, 0) is 54.8 Å². The minimum Gasteiger partial charge on any atom is -0.326 e. The van der Waals surface area contributed by atoms with Gasteiger partial charge in [0.1, 0.15) is 5.82 Å². The SMILES string of the molecule is CC(=O)N1CCc2cc(N3C[C@@H](C(=O)Nc4ccc(C)c(F)c4)CC3=O)ccc21. The fraction of sp³-hybridized carbons (Fsp3) is 0.318. The molecule has 6 nitrogen and oxygen atoms in total. The minimum atomic E-state index is -0.506. The Kier molecular flexibility index (Phi) is 4.82. The molecule has 1 N–H and O–H groups in total. The largest absolute Gasteiger partial charge is 0.326 e. The van der Waals surface area contributed by atoms with Crippen LogP contribution in [0.3, 0.4) is 0 Å². The van der Waals surface area contributed by atoms with Crippen molar-refractivity contribution in [3.8, 4) is 0 Å². The Morgan fingerprint density at radius 1 is 1.17 bits per heavy atom. The first kappa shape index (κ1) is 19.1. The third-order valence-electron chi connectivity index (χ3n) is 5.59. The molecule has 0 bridgehead atoms. The molecule has 0 saturated carbocycles. The molecular weight excluding hydrogens is 373 g/mol. The van der Waals surface area contributed by atoms with E-state index in [-0.39, 0.29) is 36.5 Å². The summed E-state index contributed by atoms with van der Waals surface area (Å²) >= 11 is 0. The van der Waals surface area contributed by atoms with E-state index in [9.17, 15) is 18.8 Å². The van der Waals surface area contributed by atoms with Crippen LogP contribution in [0.2, 0.25) is 0 Å². The molecule has 0 radical (unpaired) electrons. The molecule has 3 amide bonds. The van der Waals surface area contributed by atoms with E-state index in [2.05, 4.69) is 5.32 Å². The molecule has 2 heterocycles. The maximum absolute atomic E-state index is 13.7. The number of nitrogens with one attached hydrogen (secondary N) is 1. The molecular formula is C22H22FN3O3. The summed E-state index contributed by atoms with van der Waals surface area (Å²) in [4.78, 5) is 40.2. The van der Waals surface area contributed by atoms with E-state index < -0.39 is 5.92 Å². The summed E-state index contributed by atoms with van der Waals surface area (Å²) in [5.74, 6) is -1.31. The lowest BCUT2D eigenvalue weighted by Gasteiger charge is -2.19. The molecule has 2 aliphatic heterocycles. The van der Waals surface area contributed by atoms with E-state index in [4.69, 9.17) is 0 Å². The Bertz CT molecular complexity index is 1020. The summed E-state index contributed by atoms with van der Waals surface area (Å²) in [7, 11) is 0. The Labute approximate surface area is 168 Å². The van der Waals surface area contributed by atoms with Crippen LogP contribution in [-0.4, -0.2) is 30.8 Å². The zero-order valence-corrected chi connectivity index (χ0v) is 16.4. The number of fused-ring (bicyclic) bond motifs is 1. The number of halogens is 1. The van der Waals surface area contributed by atoms with Gasteiger partial charge in [0.25, 0.3) is 0 Å². The molecule has 1 saturated heterocycles. The molecule has 0 spiro atoms. The van der Waals surface area contributed by atoms with E-state index in [1.54, 1.807) is 28.9 Å². The number of rotatable bonds is 3. The molecule has 0 aliphatic carbocycles. The number of anilines is 3. The number of hydrogen-bond donors (Lipinski definition) is 1. The van der Waals surface area contributed by atoms with Gasteiger partial charge in [-0.15, -0.1) is 0 Å². The minimum absolute atomic E-state index is 0.00183. The van der Waals surface area contributed by atoms with E-state index in [0.717, 1.165) is 23.4 Å². The highest BCUT2D eigenvalue weighted by Crippen LogP contribution is 2.34. The topological polar surface area (TPSA) is 69.7 Å². The molecule has 2 aromatic carbocycles. The molecule has 0 unspecified atom stereocenters. The second-order valence-electron chi connectivity index (χ2n) is 7.59. The fourth-order valence-corrected chi connectivity index (χ4v) is 3.93. The predicted octanol–water partition coefficient (Wildman–Crippen LogP) is 3.03. The third-order valence-corrected chi connectivity index (χ3v) is 5.59. The van der Waals surface area contributed by atoms with Gasteiger partial charge < -0.3 is 15.1 Å². The first-order valence-electron chi connectivity index (χ1n) is 9.62. The first-order chi connectivity index (χ1) is 13.8. The molecule has 0 aromatic heterocycles. The van der Waals surface area contributed by atoms with Gasteiger partial charge in [0.2, 0.25) is 17.7 Å². The van der Waals surface area contributed by atoms with Crippen molar-refractivity contribution >= 4 is 34.8 Å². The van der Waals surface area contributed by atoms with E-state index in [1.807, 2.05) is 18.2 Å². The van der Waals surface area contributed by atoms with Gasteiger partial charge in [-0.3, -0.25) is 14.4 Å². The highest BCUT2D eigenvalue weighted by molar-refractivity contribution is 6.04. The van der Waals surface area contributed by atoms with Crippen LogP contribution in [0.15, 0.2) is 36.4 Å². The van der Waals surface area contributed by atoms with Gasteiger partial charge in [-0.25, -0.2) is 4.39 Å². The Hall–Kier alpha value is -3.22. The molecule has 1 fully saturated rings. The van der Waals surface area contributed by atoms with Gasteiger partial charge in [-0.1, -0.05) is 6.07 Å². The molecule has 29 heavy (non-hydrogen) atoms. The number of nitrogens with zero attached hydrogens (tertiary/aromatic N) is 2. The van der Waals surface area contributed by atoms with Crippen LogP contribution in [0.5, 0.6) is 0 Å². The monoisotopic (exact) mass is 395 g/mol. The van der Waals surface area contributed by atoms with E-state index in [0.29, 0.717) is 17.8 Å². The number of carbonyl (C=O) groups excluding carboxylic acids is 3. The summed E-state index contributed by atoms with van der Waals surface area (Å²) in [5.41, 5.74) is 3.52. The average molecular weight is 395 g/mol. The summed E-state index contributed by atoms with van der Waals surface area (Å²) in [6.45, 7) is 4.10. The van der Waals surface area contributed by atoms with Gasteiger partial charge in [0, 0.05) is 43.5 Å². The van der Waals surface area contributed by atoms with Crippen molar-refractivity contribution in [3.05, 3.63) is 53.3 Å². The lowest BCUT2D eigenvalue weighted by Crippen LogP contribution is -2.28. The lowest BCUT2D eigenvalue weighted by molar-refractivity contribution is -0.122. The number of carbonyl (C=O) groups is 3. The van der Waals surface area contributed by atoms with Crippen molar-refractivity contribution < 1.29 is 18.8 Å². The second-order valence-corrected chi connectivity index (χ2v) is 7.59. The summed E-state index contributed by atoms with van der Waals surface area (Å²) in [6.07, 6.45) is 0.852. The Balaban J connectivity index is 1.47. The third kappa shape index (κ3) is 3.60. The molecule has 2 aliphatic rings. The van der Waals surface area contributed by atoms with Crippen LogP contribution >= 0.6 is 0 Å².